The third-order valence-corrected chi connectivity index (χ3v) is 16.5. The topological polar surface area (TPSA) is 0 Å². The second kappa shape index (κ2) is 6.90. The summed E-state index contributed by atoms with van der Waals surface area (Å²) >= 11 is -1.22. The van der Waals surface area contributed by atoms with Gasteiger partial charge in [-0.25, -0.2) is 0 Å². The van der Waals surface area contributed by atoms with E-state index in [0.717, 1.165) is 0 Å². The molecule has 1 atom stereocenters. The van der Waals surface area contributed by atoms with Crippen LogP contribution in [0.15, 0.2) is 40.5 Å². The molecule has 1 heteroatoms. The van der Waals surface area contributed by atoms with E-state index in [1.165, 1.54) is 24.8 Å². The van der Waals surface area contributed by atoms with Crippen LogP contribution in [0, 0.1) is 10.8 Å². The maximum absolute atomic E-state index is 2.67. The van der Waals surface area contributed by atoms with Crippen molar-refractivity contribution in [2.24, 2.45) is 10.8 Å². The average molecular weight is 567 g/mol. The van der Waals surface area contributed by atoms with E-state index in [0.29, 0.717) is 17.2 Å². The Morgan fingerprint density at radius 3 is 1.93 bits per heavy atom. The van der Waals surface area contributed by atoms with Crippen LogP contribution in [0.4, 0.5) is 0 Å². The first-order chi connectivity index (χ1) is 13.7. The molecule has 30 heavy (non-hydrogen) atoms. The maximum atomic E-state index is 2.67. The van der Waals surface area contributed by atoms with Crippen LogP contribution in [-0.4, -0.2) is 0 Å². The number of hydrogen-bond donors (Lipinski definition) is 0. The molecule has 3 aliphatic rings. The minimum absolute atomic E-state index is 0.303. The Morgan fingerprint density at radius 2 is 1.40 bits per heavy atom. The van der Waals surface area contributed by atoms with E-state index in [1.807, 2.05) is 0 Å². The van der Waals surface area contributed by atoms with E-state index in [1.54, 1.807) is 39.0 Å². The molecule has 0 spiro atoms. The predicted molar refractivity (Wildman–Crippen MR) is 128 cm³/mol. The summed E-state index contributed by atoms with van der Waals surface area (Å²) < 4.78 is 0.640. The van der Waals surface area contributed by atoms with Crippen molar-refractivity contribution in [1.29, 1.82) is 0 Å². The van der Waals surface area contributed by atoms with Crippen molar-refractivity contribution in [2.75, 3.05) is 0 Å². The summed E-state index contributed by atoms with van der Waals surface area (Å²) in [4.78, 5) is 0. The fourth-order valence-electron chi connectivity index (χ4n) is 6.35. The average Bonchev–Trinajstić information content (AvgIpc) is 3.14. The molecule has 0 fully saturated rings. The molecular weight excluding hydrogens is 527 g/mol. The van der Waals surface area contributed by atoms with E-state index >= 15 is 0 Å². The van der Waals surface area contributed by atoms with Gasteiger partial charge in [-0.3, -0.25) is 0 Å². The molecule has 1 aromatic carbocycles. The zero-order valence-corrected chi connectivity index (χ0v) is 24.5. The molecule has 4 rings (SSSR count). The van der Waals surface area contributed by atoms with Crippen LogP contribution in [-0.2, 0) is 38.9 Å². The van der Waals surface area contributed by atoms with Gasteiger partial charge in [-0.1, -0.05) is 0 Å². The van der Waals surface area contributed by atoms with Crippen molar-refractivity contribution in [3.63, 3.8) is 0 Å². The van der Waals surface area contributed by atoms with Crippen LogP contribution in [0.2, 0.25) is 3.17 Å². The van der Waals surface area contributed by atoms with Gasteiger partial charge >= 0.3 is 197 Å². The Labute approximate surface area is 196 Å². The van der Waals surface area contributed by atoms with Gasteiger partial charge in [0.15, 0.2) is 0 Å². The van der Waals surface area contributed by atoms with Gasteiger partial charge in [-0.2, -0.15) is 0 Å². The molecule has 1 aromatic rings. The molecule has 0 amide bonds. The first kappa shape index (κ1) is 22.5. The van der Waals surface area contributed by atoms with Crippen LogP contribution < -0.4 is 0 Å². The summed E-state index contributed by atoms with van der Waals surface area (Å²) in [7, 11) is 0. The number of fused-ring (bicyclic) bond motifs is 2. The van der Waals surface area contributed by atoms with Crippen LogP contribution in [0.3, 0.4) is 0 Å². The second-order valence-corrected chi connectivity index (χ2v) is 20.2. The van der Waals surface area contributed by atoms with Crippen LogP contribution in [0.25, 0.3) is 6.08 Å². The molecule has 0 nitrogen and oxygen atoms in total. The van der Waals surface area contributed by atoms with Gasteiger partial charge < -0.3 is 0 Å². The molecule has 3 aliphatic carbocycles. The molecule has 160 valence electrons. The summed E-state index contributed by atoms with van der Waals surface area (Å²) in [6, 6.07) is 5.22. The van der Waals surface area contributed by atoms with E-state index in [9.17, 15) is 0 Å². The third kappa shape index (κ3) is 3.52. The first-order valence-corrected chi connectivity index (χ1v) is 15.3. The molecule has 0 aromatic heterocycles. The Kier molecular flexibility index (Phi) is 5.18. The van der Waals surface area contributed by atoms with Crippen molar-refractivity contribution < 1.29 is 22.9 Å². The molecule has 0 aliphatic heterocycles. The SMILES string of the molecule is CC1=C(C)[C](C)([Hf][C]2(CC(C)(C)C)C=Cc3cc4c(cc32)CC(C)(C)C4)C(C)=C1C. The summed E-state index contributed by atoms with van der Waals surface area (Å²) in [5.41, 5.74) is 13.6. The van der Waals surface area contributed by atoms with Crippen molar-refractivity contribution in [1.82, 2.24) is 0 Å². The number of hydrogen-bond acceptors (Lipinski definition) is 0. The first-order valence-electron chi connectivity index (χ1n) is 11.7. The number of allylic oxidation sites excluding steroid dienone is 5. The number of rotatable bonds is 3. The fourth-order valence-corrected chi connectivity index (χ4v) is 16.3. The van der Waals surface area contributed by atoms with E-state index in [-0.39, 0.29) is 0 Å². The number of benzene rings is 1. The Morgan fingerprint density at radius 1 is 0.867 bits per heavy atom. The van der Waals surface area contributed by atoms with Crippen LogP contribution in [0.5, 0.6) is 0 Å². The molecule has 0 heterocycles. The van der Waals surface area contributed by atoms with Gasteiger partial charge in [-0.05, 0) is 0 Å². The van der Waals surface area contributed by atoms with Crippen molar-refractivity contribution in [3.8, 4) is 0 Å². The van der Waals surface area contributed by atoms with Crippen molar-refractivity contribution >= 4 is 6.08 Å². The van der Waals surface area contributed by atoms with Gasteiger partial charge in [0.05, 0.1) is 0 Å². The van der Waals surface area contributed by atoms with Gasteiger partial charge in [-0.15, -0.1) is 0 Å². The van der Waals surface area contributed by atoms with Gasteiger partial charge in [0, 0.05) is 0 Å². The van der Waals surface area contributed by atoms with E-state index < -0.39 is 22.9 Å². The fraction of sp³-hybridized carbons (Fsp3) is 0.586. The molecule has 0 radical (unpaired) electrons. The molecule has 0 saturated carbocycles. The Hall–Kier alpha value is -0.690. The normalized spacial score (nSPS) is 26.5. The summed E-state index contributed by atoms with van der Waals surface area (Å²) in [5, 5.41) is 0. The zero-order chi connectivity index (χ0) is 22.3. The third-order valence-electron chi connectivity index (χ3n) is 8.21. The molecule has 0 N–H and O–H groups in total. The van der Waals surface area contributed by atoms with Crippen LogP contribution >= 0.6 is 0 Å². The molecule has 0 bridgehead atoms. The summed E-state index contributed by atoms with van der Waals surface area (Å²) in [6.07, 6.45) is 8.92. The Bertz CT molecular complexity index is 982. The monoisotopic (exact) mass is 568 g/mol. The van der Waals surface area contributed by atoms with Gasteiger partial charge in [0.25, 0.3) is 0 Å². The van der Waals surface area contributed by atoms with E-state index in [2.05, 4.69) is 93.5 Å². The molecule has 1 unspecified atom stereocenters. The van der Waals surface area contributed by atoms with Crippen LogP contribution in [0.1, 0.15) is 97.9 Å². The Balaban J connectivity index is 1.85. The van der Waals surface area contributed by atoms with Crippen molar-refractivity contribution in [2.45, 2.75) is 94.8 Å². The molecular formula is C29H40Hf. The van der Waals surface area contributed by atoms with Crippen molar-refractivity contribution in [3.05, 3.63) is 62.8 Å². The zero-order valence-electron chi connectivity index (χ0n) is 20.9. The predicted octanol–water partition coefficient (Wildman–Crippen LogP) is 8.42. The van der Waals surface area contributed by atoms with Gasteiger partial charge in [0.2, 0.25) is 0 Å². The molecule has 0 saturated heterocycles. The van der Waals surface area contributed by atoms with Gasteiger partial charge in [0.1, 0.15) is 0 Å². The quantitative estimate of drug-likeness (QED) is 0.322. The van der Waals surface area contributed by atoms with E-state index in [4.69, 9.17) is 0 Å². The standard InChI is InChI=1S/C19H25.C10H15.Hf/c1-18(2,3)10-14-7-6-13-8-15-11-19(4,5)12-16(15)9-17(13)14;1-6-7(2)9(4)10(5)8(6)3;/h6-9H,10-12H2,1-5H3;1-5H3;. The second-order valence-electron chi connectivity index (χ2n) is 12.5. The summed E-state index contributed by atoms with van der Waals surface area (Å²) in [5.74, 6) is 0. The summed E-state index contributed by atoms with van der Waals surface area (Å²) in [6.45, 7) is 24.4. The minimum atomic E-state index is -1.22.